The van der Waals surface area contributed by atoms with Gasteiger partial charge in [0.1, 0.15) is 0 Å². The third kappa shape index (κ3) is 5.39. The normalized spacial score (nSPS) is 18.5. The van der Waals surface area contributed by atoms with Crippen molar-refractivity contribution in [2.45, 2.75) is 19.3 Å². The summed E-state index contributed by atoms with van der Waals surface area (Å²) in [7, 11) is 0. The molecule has 3 nitrogen and oxygen atoms in total. The average Bonchev–Trinajstić information content (AvgIpc) is 2.40. The molecule has 1 aliphatic rings. The molecule has 1 heterocycles. The first-order valence-corrected chi connectivity index (χ1v) is 6.88. The van der Waals surface area contributed by atoms with Gasteiger partial charge in [0.15, 0.2) is 0 Å². The molecule has 1 amide bonds. The maximum Gasteiger partial charge on any atom is 0.251 e. The monoisotopic (exact) mass is 302 g/mol. The van der Waals surface area contributed by atoms with Gasteiger partial charge in [-0.1, -0.05) is 11.6 Å². The molecule has 1 fully saturated rings. The first kappa shape index (κ1) is 16.3. The Morgan fingerprint density at radius 2 is 2.11 bits per heavy atom. The predicted molar refractivity (Wildman–Crippen MR) is 81.2 cm³/mol. The molecule has 106 valence electrons. The standard InChI is InChI=1S/C14H19ClN2O.ClH/c15-13-5-3-12(4-6-13)14(18)17-9-7-11-2-1-8-16-10-11;/h3-6,11,16H,1-2,7-10H2,(H,17,18);1H. The molecule has 1 saturated heterocycles. The van der Waals surface area contributed by atoms with E-state index in [0.29, 0.717) is 16.5 Å². The molecule has 1 atom stereocenters. The SMILES string of the molecule is Cl.O=C(NCCC1CCCNC1)c1ccc(Cl)cc1. The van der Waals surface area contributed by atoms with Gasteiger partial charge >= 0.3 is 0 Å². The van der Waals surface area contributed by atoms with Gasteiger partial charge in [-0.05, 0) is 62.5 Å². The van der Waals surface area contributed by atoms with Gasteiger partial charge < -0.3 is 10.6 Å². The Bertz CT molecular complexity index is 389. The zero-order valence-electron chi connectivity index (χ0n) is 10.8. The summed E-state index contributed by atoms with van der Waals surface area (Å²) < 4.78 is 0. The van der Waals surface area contributed by atoms with E-state index < -0.39 is 0 Å². The van der Waals surface area contributed by atoms with Gasteiger partial charge in [0.05, 0.1) is 0 Å². The van der Waals surface area contributed by atoms with E-state index in [1.807, 2.05) is 0 Å². The van der Waals surface area contributed by atoms with Crippen LogP contribution in [0.4, 0.5) is 0 Å². The van der Waals surface area contributed by atoms with E-state index in [-0.39, 0.29) is 18.3 Å². The Morgan fingerprint density at radius 1 is 1.37 bits per heavy atom. The second-order valence-electron chi connectivity index (χ2n) is 4.76. The van der Waals surface area contributed by atoms with Gasteiger partial charge in [0.25, 0.3) is 5.91 Å². The van der Waals surface area contributed by atoms with Crippen LogP contribution in [0, 0.1) is 5.92 Å². The Kier molecular flexibility index (Phi) is 7.21. The van der Waals surface area contributed by atoms with E-state index in [0.717, 1.165) is 26.1 Å². The van der Waals surface area contributed by atoms with Gasteiger partial charge in [-0.2, -0.15) is 0 Å². The number of nitrogens with one attached hydrogen (secondary N) is 2. The zero-order chi connectivity index (χ0) is 12.8. The lowest BCUT2D eigenvalue weighted by atomic mass is 9.96. The van der Waals surface area contributed by atoms with Crippen LogP contribution >= 0.6 is 24.0 Å². The number of piperidine rings is 1. The molecular weight excluding hydrogens is 283 g/mol. The molecule has 0 radical (unpaired) electrons. The van der Waals surface area contributed by atoms with Crippen molar-refractivity contribution >= 4 is 29.9 Å². The molecule has 1 aromatic rings. The lowest BCUT2D eigenvalue weighted by Gasteiger charge is -2.22. The highest BCUT2D eigenvalue weighted by Gasteiger charge is 2.13. The molecule has 0 aliphatic carbocycles. The molecule has 1 unspecified atom stereocenters. The largest absolute Gasteiger partial charge is 0.352 e. The van der Waals surface area contributed by atoms with E-state index in [4.69, 9.17) is 11.6 Å². The second-order valence-corrected chi connectivity index (χ2v) is 5.20. The summed E-state index contributed by atoms with van der Waals surface area (Å²) in [6.07, 6.45) is 3.56. The van der Waals surface area contributed by atoms with Crippen molar-refractivity contribution in [3.05, 3.63) is 34.9 Å². The Morgan fingerprint density at radius 3 is 2.74 bits per heavy atom. The number of benzene rings is 1. The lowest BCUT2D eigenvalue weighted by molar-refractivity contribution is 0.0950. The van der Waals surface area contributed by atoms with E-state index in [9.17, 15) is 4.79 Å². The fourth-order valence-electron chi connectivity index (χ4n) is 2.26. The van der Waals surface area contributed by atoms with Crippen molar-refractivity contribution in [3.63, 3.8) is 0 Å². The van der Waals surface area contributed by atoms with Crippen LogP contribution in [-0.4, -0.2) is 25.5 Å². The molecule has 1 aliphatic heterocycles. The molecule has 5 heteroatoms. The third-order valence-corrected chi connectivity index (χ3v) is 3.60. The molecule has 2 rings (SSSR count). The van der Waals surface area contributed by atoms with Crippen LogP contribution in [0.1, 0.15) is 29.6 Å². The second kappa shape index (κ2) is 8.41. The summed E-state index contributed by atoms with van der Waals surface area (Å²) in [5, 5.41) is 6.99. The zero-order valence-corrected chi connectivity index (χ0v) is 12.4. The maximum absolute atomic E-state index is 11.8. The molecule has 19 heavy (non-hydrogen) atoms. The predicted octanol–water partition coefficient (Wildman–Crippen LogP) is 2.88. The van der Waals surface area contributed by atoms with E-state index in [2.05, 4.69) is 10.6 Å². The molecule has 0 saturated carbocycles. The molecule has 2 N–H and O–H groups in total. The molecule has 0 spiro atoms. The lowest BCUT2D eigenvalue weighted by Crippen LogP contribution is -2.33. The van der Waals surface area contributed by atoms with Crippen LogP contribution in [0.25, 0.3) is 0 Å². The van der Waals surface area contributed by atoms with Crippen LogP contribution in [0.5, 0.6) is 0 Å². The van der Waals surface area contributed by atoms with Crippen molar-refractivity contribution in [2.24, 2.45) is 5.92 Å². The Labute approximate surface area is 125 Å². The highest BCUT2D eigenvalue weighted by molar-refractivity contribution is 6.30. The number of halogens is 2. The summed E-state index contributed by atoms with van der Waals surface area (Å²) >= 11 is 5.78. The first-order chi connectivity index (χ1) is 8.75. The van der Waals surface area contributed by atoms with Gasteiger partial charge in [0.2, 0.25) is 0 Å². The van der Waals surface area contributed by atoms with Crippen LogP contribution in [-0.2, 0) is 0 Å². The van der Waals surface area contributed by atoms with Crippen molar-refractivity contribution in [1.29, 1.82) is 0 Å². The number of rotatable bonds is 4. The van der Waals surface area contributed by atoms with Crippen LogP contribution in [0.3, 0.4) is 0 Å². The maximum atomic E-state index is 11.8. The topological polar surface area (TPSA) is 41.1 Å². The third-order valence-electron chi connectivity index (χ3n) is 3.34. The minimum absolute atomic E-state index is 0. The van der Waals surface area contributed by atoms with E-state index in [1.54, 1.807) is 24.3 Å². The Hall–Kier alpha value is -0.770. The fraction of sp³-hybridized carbons (Fsp3) is 0.500. The number of carbonyl (C=O) groups excluding carboxylic acids is 1. The summed E-state index contributed by atoms with van der Waals surface area (Å²) in [4.78, 5) is 11.8. The van der Waals surface area contributed by atoms with Gasteiger partial charge in [-0.3, -0.25) is 4.79 Å². The molecule has 0 aromatic heterocycles. The summed E-state index contributed by atoms with van der Waals surface area (Å²) in [5.74, 6) is 0.680. The molecule has 0 bridgehead atoms. The van der Waals surface area contributed by atoms with E-state index >= 15 is 0 Å². The van der Waals surface area contributed by atoms with Crippen molar-refractivity contribution in [1.82, 2.24) is 10.6 Å². The minimum atomic E-state index is -0.0181. The van der Waals surface area contributed by atoms with Crippen molar-refractivity contribution in [3.8, 4) is 0 Å². The van der Waals surface area contributed by atoms with Crippen LogP contribution in [0.2, 0.25) is 5.02 Å². The first-order valence-electron chi connectivity index (χ1n) is 6.50. The van der Waals surface area contributed by atoms with Crippen LogP contribution < -0.4 is 10.6 Å². The van der Waals surface area contributed by atoms with Gasteiger partial charge in [-0.15, -0.1) is 12.4 Å². The van der Waals surface area contributed by atoms with Crippen LogP contribution in [0.15, 0.2) is 24.3 Å². The van der Waals surface area contributed by atoms with Crippen molar-refractivity contribution in [2.75, 3.05) is 19.6 Å². The smallest absolute Gasteiger partial charge is 0.251 e. The van der Waals surface area contributed by atoms with Gasteiger partial charge in [-0.25, -0.2) is 0 Å². The summed E-state index contributed by atoms with van der Waals surface area (Å²) in [6, 6.07) is 6.97. The Balaban J connectivity index is 0.00000180. The van der Waals surface area contributed by atoms with Crippen molar-refractivity contribution < 1.29 is 4.79 Å². The number of carbonyl (C=O) groups is 1. The van der Waals surface area contributed by atoms with Gasteiger partial charge in [0, 0.05) is 17.1 Å². The number of hydrogen-bond acceptors (Lipinski definition) is 2. The molecular formula is C14H20Cl2N2O. The minimum Gasteiger partial charge on any atom is -0.352 e. The quantitative estimate of drug-likeness (QED) is 0.898. The fourth-order valence-corrected chi connectivity index (χ4v) is 2.39. The average molecular weight is 303 g/mol. The summed E-state index contributed by atoms with van der Waals surface area (Å²) in [6.45, 7) is 2.96. The number of amides is 1. The summed E-state index contributed by atoms with van der Waals surface area (Å²) in [5.41, 5.74) is 0.668. The highest BCUT2D eigenvalue weighted by atomic mass is 35.5. The molecule has 1 aromatic carbocycles. The highest BCUT2D eigenvalue weighted by Crippen LogP contribution is 2.13. The number of hydrogen-bond donors (Lipinski definition) is 2. The van der Waals surface area contributed by atoms with E-state index in [1.165, 1.54) is 12.8 Å².